The van der Waals surface area contributed by atoms with E-state index in [9.17, 15) is 0 Å². The molecule has 0 fully saturated rings. The predicted octanol–water partition coefficient (Wildman–Crippen LogP) is 1.23. The van der Waals surface area contributed by atoms with Crippen LogP contribution >= 0.6 is 0 Å². The summed E-state index contributed by atoms with van der Waals surface area (Å²) < 4.78 is 4.67. The molecule has 0 aliphatic heterocycles. The van der Waals surface area contributed by atoms with Gasteiger partial charge in [0.1, 0.15) is 5.69 Å². The maximum atomic E-state index is 4.67. The Labute approximate surface area is 107 Å². The number of rotatable bonds is 1. The molecule has 5 nitrogen and oxygen atoms in total. The molecule has 0 aliphatic carbocycles. The summed E-state index contributed by atoms with van der Waals surface area (Å²) in [6, 6.07) is 7.84. The summed E-state index contributed by atoms with van der Waals surface area (Å²) in [5, 5.41) is 15.3. The Morgan fingerprint density at radius 2 is 2.07 bits per heavy atom. The van der Waals surface area contributed by atoms with Crippen LogP contribution in [0.5, 0.6) is 0 Å². The zero-order valence-corrected chi connectivity index (χ0v) is 10.1. The zero-order chi connectivity index (χ0) is 9.38. The molecule has 2 aromatic heterocycles. The Bertz CT molecular complexity index is 560. The minimum absolute atomic E-state index is 0. The summed E-state index contributed by atoms with van der Waals surface area (Å²) in [5.74, 6) is 0. The SMILES string of the molecule is [Na].c1ccc2c(-c3conn3)n[nH]c2c1. The van der Waals surface area contributed by atoms with Crippen molar-refractivity contribution < 1.29 is 4.52 Å². The van der Waals surface area contributed by atoms with Crippen molar-refractivity contribution in [3.63, 3.8) is 0 Å². The summed E-state index contributed by atoms with van der Waals surface area (Å²) in [6.45, 7) is 0. The minimum Gasteiger partial charge on any atom is -0.345 e. The van der Waals surface area contributed by atoms with Crippen molar-refractivity contribution in [1.82, 2.24) is 20.6 Å². The largest absolute Gasteiger partial charge is 0.345 e. The molecule has 0 amide bonds. The number of fused-ring (bicyclic) bond motifs is 1. The second-order valence-electron chi connectivity index (χ2n) is 2.91. The first-order valence-corrected chi connectivity index (χ1v) is 4.16. The average molecular weight is 209 g/mol. The third-order valence-electron chi connectivity index (χ3n) is 2.07. The first kappa shape index (κ1) is 10.4. The van der Waals surface area contributed by atoms with Crippen molar-refractivity contribution in [1.29, 1.82) is 0 Å². The molecule has 0 unspecified atom stereocenters. The van der Waals surface area contributed by atoms with Gasteiger partial charge in [-0.15, -0.1) is 5.10 Å². The second kappa shape index (κ2) is 4.14. The van der Waals surface area contributed by atoms with Gasteiger partial charge < -0.3 is 4.52 Å². The Morgan fingerprint density at radius 3 is 2.87 bits per heavy atom. The Hall–Kier alpha value is -1.17. The zero-order valence-electron chi connectivity index (χ0n) is 8.14. The minimum atomic E-state index is 0. The number of hydrogen-bond donors (Lipinski definition) is 1. The van der Waals surface area contributed by atoms with Crippen LogP contribution in [-0.2, 0) is 0 Å². The third-order valence-corrected chi connectivity index (χ3v) is 2.07. The van der Waals surface area contributed by atoms with E-state index >= 15 is 0 Å². The monoisotopic (exact) mass is 209 g/mol. The van der Waals surface area contributed by atoms with Gasteiger partial charge in [0.15, 0.2) is 12.0 Å². The topological polar surface area (TPSA) is 67.6 Å². The fourth-order valence-corrected chi connectivity index (χ4v) is 1.43. The molecule has 0 saturated heterocycles. The van der Waals surface area contributed by atoms with Crippen LogP contribution in [0.2, 0.25) is 0 Å². The number of hydrogen-bond acceptors (Lipinski definition) is 4. The van der Waals surface area contributed by atoms with Gasteiger partial charge in [-0.1, -0.05) is 18.2 Å². The van der Waals surface area contributed by atoms with E-state index in [0.29, 0.717) is 5.69 Å². The molecular weight excluding hydrogens is 203 g/mol. The molecule has 69 valence electrons. The number of benzene rings is 1. The quantitative estimate of drug-likeness (QED) is 0.612. The summed E-state index contributed by atoms with van der Waals surface area (Å²) in [5.41, 5.74) is 2.38. The van der Waals surface area contributed by atoms with Crippen LogP contribution in [0, 0.1) is 0 Å². The first-order valence-electron chi connectivity index (χ1n) is 4.16. The van der Waals surface area contributed by atoms with Gasteiger partial charge in [-0.05, 0) is 6.07 Å². The van der Waals surface area contributed by atoms with E-state index in [0.717, 1.165) is 16.6 Å². The van der Waals surface area contributed by atoms with Crippen LogP contribution < -0.4 is 0 Å². The van der Waals surface area contributed by atoms with Gasteiger partial charge in [-0.3, -0.25) is 5.10 Å². The number of para-hydroxylation sites is 1. The molecule has 1 aromatic carbocycles. The molecular formula is C9H6N4NaO. The van der Waals surface area contributed by atoms with Crippen molar-refractivity contribution in [3.05, 3.63) is 30.5 Å². The van der Waals surface area contributed by atoms with E-state index in [4.69, 9.17) is 0 Å². The molecule has 0 saturated carbocycles. The molecule has 0 aliphatic rings. The average Bonchev–Trinajstić information content (AvgIpc) is 2.85. The molecule has 0 spiro atoms. The fraction of sp³-hybridized carbons (Fsp3) is 0. The van der Waals surface area contributed by atoms with Gasteiger partial charge in [0.05, 0.1) is 5.52 Å². The van der Waals surface area contributed by atoms with E-state index < -0.39 is 0 Å². The maximum absolute atomic E-state index is 4.67. The van der Waals surface area contributed by atoms with Crippen LogP contribution in [0.1, 0.15) is 0 Å². The normalized spacial score (nSPS) is 10.1. The van der Waals surface area contributed by atoms with Gasteiger partial charge in [-0.25, -0.2) is 0 Å². The molecule has 3 aromatic rings. The Morgan fingerprint density at radius 1 is 1.20 bits per heavy atom. The predicted molar refractivity (Wildman–Crippen MR) is 55.1 cm³/mol. The number of nitrogens with zero attached hydrogens (tertiary/aromatic N) is 3. The molecule has 0 atom stereocenters. The van der Waals surface area contributed by atoms with Gasteiger partial charge in [0.25, 0.3) is 0 Å². The van der Waals surface area contributed by atoms with Gasteiger partial charge >= 0.3 is 0 Å². The summed E-state index contributed by atoms with van der Waals surface area (Å²) in [4.78, 5) is 0. The van der Waals surface area contributed by atoms with E-state index in [-0.39, 0.29) is 29.6 Å². The fourth-order valence-electron chi connectivity index (χ4n) is 1.43. The van der Waals surface area contributed by atoms with Crippen LogP contribution in [0.4, 0.5) is 0 Å². The number of H-pyrrole nitrogens is 1. The summed E-state index contributed by atoms with van der Waals surface area (Å²) in [6.07, 6.45) is 1.47. The second-order valence-corrected chi connectivity index (χ2v) is 2.91. The summed E-state index contributed by atoms with van der Waals surface area (Å²) >= 11 is 0. The molecule has 3 rings (SSSR count). The van der Waals surface area contributed by atoms with Crippen molar-refractivity contribution >= 4 is 40.5 Å². The molecule has 6 heteroatoms. The number of aromatic nitrogens is 4. The molecule has 1 radical (unpaired) electrons. The van der Waals surface area contributed by atoms with E-state index in [1.807, 2.05) is 24.3 Å². The van der Waals surface area contributed by atoms with Crippen molar-refractivity contribution in [2.45, 2.75) is 0 Å². The Balaban J connectivity index is 0.000000853. The number of aromatic amines is 1. The van der Waals surface area contributed by atoms with Crippen LogP contribution in [0.25, 0.3) is 22.3 Å². The van der Waals surface area contributed by atoms with Crippen LogP contribution in [0.15, 0.2) is 35.1 Å². The third kappa shape index (κ3) is 1.69. The van der Waals surface area contributed by atoms with Gasteiger partial charge in [-0.2, -0.15) is 5.10 Å². The van der Waals surface area contributed by atoms with Gasteiger partial charge in [0.2, 0.25) is 0 Å². The van der Waals surface area contributed by atoms with Crippen molar-refractivity contribution in [3.8, 4) is 11.4 Å². The van der Waals surface area contributed by atoms with E-state index in [1.54, 1.807) is 0 Å². The van der Waals surface area contributed by atoms with E-state index in [2.05, 4.69) is 25.1 Å². The standard InChI is InChI=1S/C9H6N4O.Na/c1-2-4-7-6(3-1)9(12-10-7)8-5-14-13-11-8;/h1-5H,(H,10,12);. The maximum Gasteiger partial charge on any atom is 0.155 e. The Kier molecular flexibility index (Phi) is 2.86. The van der Waals surface area contributed by atoms with Crippen LogP contribution in [-0.4, -0.2) is 50.1 Å². The molecule has 15 heavy (non-hydrogen) atoms. The van der Waals surface area contributed by atoms with E-state index in [1.165, 1.54) is 6.26 Å². The van der Waals surface area contributed by atoms with Crippen molar-refractivity contribution in [2.24, 2.45) is 0 Å². The molecule has 1 N–H and O–H groups in total. The summed E-state index contributed by atoms with van der Waals surface area (Å²) in [7, 11) is 0. The molecule has 0 bridgehead atoms. The molecule has 2 heterocycles. The van der Waals surface area contributed by atoms with Crippen molar-refractivity contribution in [2.75, 3.05) is 0 Å². The van der Waals surface area contributed by atoms with Crippen LogP contribution in [0.3, 0.4) is 0 Å². The van der Waals surface area contributed by atoms with Gasteiger partial charge in [0, 0.05) is 40.2 Å². The number of nitrogens with one attached hydrogen (secondary N) is 1. The first-order chi connectivity index (χ1) is 6.95. The smallest absolute Gasteiger partial charge is 0.155 e.